The average molecular weight is 455 g/mol. The SMILES string of the molecule is CCCCCOc1ccc(OC(=O)c2ccc(C3OCC(CCCCC)CO3)cc2)c(C)c1. The van der Waals surface area contributed by atoms with E-state index in [0.717, 1.165) is 49.4 Å². The van der Waals surface area contributed by atoms with E-state index in [2.05, 4.69) is 13.8 Å². The number of aryl methyl sites for hydroxylation is 1. The van der Waals surface area contributed by atoms with Gasteiger partial charge in [0.1, 0.15) is 11.5 Å². The van der Waals surface area contributed by atoms with Crippen molar-refractivity contribution in [3.05, 3.63) is 59.2 Å². The molecule has 0 saturated carbocycles. The van der Waals surface area contributed by atoms with Gasteiger partial charge < -0.3 is 18.9 Å². The van der Waals surface area contributed by atoms with Crippen molar-refractivity contribution < 1.29 is 23.7 Å². The van der Waals surface area contributed by atoms with Gasteiger partial charge in [0.2, 0.25) is 0 Å². The Kier molecular flexibility index (Phi) is 10.2. The molecule has 33 heavy (non-hydrogen) atoms. The van der Waals surface area contributed by atoms with E-state index in [1.165, 1.54) is 25.7 Å². The van der Waals surface area contributed by atoms with E-state index in [4.69, 9.17) is 18.9 Å². The zero-order chi connectivity index (χ0) is 23.5. The second kappa shape index (κ2) is 13.4. The highest BCUT2D eigenvalue weighted by molar-refractivity contribution is 5.91. The molecule has 0 unspecified atom stereocenters. The molecule has 0 atom stereocenters. The van der Waals surface area contributed by atoms with Gasteiger partial charge >= 0.3 is 5.97 Å². The average Bonchev–Trinajstić information content (AvgIpc) is 2.84. The van der Waals surface area contributed by atoms with Gasteiger partial charge in [0.25, 0.3) is 0 Å². The number of esters is 1. The molecular formula is C28H38O5. The monoisotopic (exact) mass is 454 g/mol. The van der Waals surface area contributed by atoms with Gasteiger partial charge in [0.15, 0.2) is 6.29 Å². The van der Waals surface area contributed by atoms with Gasteiger partial charge in [-0.1, -0.05) is 58.1 Å². The fourth-order valence-electron chi connectivity index (χ4n) is 3.89. The molecule has 0 amide bonds. The summed E-state index contributed by atoms with van der Waals surface area (Å²) < 4.78 is 23.2. The third kappa shape index (κ3) is 7.86. The summed E-state index contributed by atoms with van der Waals surface area (Å²) >= 11 is 0. The quantitative estimate of drug-likeness (QED) is 0.196. The number of carbonyl (C=O) groups excluding carboxylic acids is 1. The second-order valence-electron chi connectivity index (χ2n) is 8.85. The van der Waals surface area contributed by atoms with E-state index in [-0.39, 0.29) is 12.3 Å². The van der Waals surface area contributed by atoms with E-state index in [9.17, 15) is 4.79 Å². The molecule has 0 radical (unpaired) electrons. The minimum absolute atomic E-state index is 0.371. The lowest BCUT2D eigenvalue weighted by molar-refractivity contribution is -0.206. The summed E-state index contributed by atoms with van der Waals surface area (Å²) in [7, 11) is 0. The van der Waals surface area contributed by atoms with E-state index in [0.29, 0.717) is 23.8 Å². The minimum atomic E-state index is -0.386. The summed E-state index contributed by atoms with van der Waals surface area (Å²) in [4.78, 5) is 12.6. The van der Waals surface area contributed by atoms with Crippen molar-refractivity contribution in [1.82, 2.24) is 0 Å². The maximum Gasteiger partial charge on any atom is 0.343 e. The Balaban J connectivity index is 1.49. The van der Waals surface area contributed by atoms with Gasteiger partial charge in [-0.15, -0.1) is 0 Å². The number of carbonyl (C=O) groups is 1. The summed E-state index contributed by atoms with van der Waals surface area (Å²) in [5, 5.41) is 0. The number of hydrogen-bond acceptors (Lipinski definition) is 5. The second-order valence-corrected chi connectivity index (χ2v) is 8.85. The fraction of sp³-hybridized carbons (Fsp3) is 0.536. The van der Waals surface area contributed by atoms with Gasteiger partial charge in [-0.25, -0.2) is 4.79 Å². The molecule has 2 aromatic rings. The van der Waals surface area contributed by atoms with Crippen LogP contribution in [0.3, 0.4) is 0 Å². The van der Waals surface area contributed by atoms with Crippen LogP contribution in [-0.2, 0) is 9.47 Å². The molecule has 1 heterocycles. The molecule has 5 nitrogen and oxygen atoms in total. The summed E-state index contributed by atoms with van der Waals surface area (Å²) in [6, 6.07) is 12.8. The molecule has 1 aliphatic heterocycles. The van der Waals surface area contributed by atoms with Crippen LogP contribution >= 0.6 is 0 Å². The predicted molar refractivity (Wildman–Crippen MR) is 130 cm³/mol. The number of unbranched alkanes of at least 4 members (excludes halogenated alkanes) is 4. The van der Waals surface area contributed by atoms with E-state index < -0.39 is 0 Å². The molecule has 0 N–H and O–H groups in total. The van der Waals surface area contributed by atoms with Gasteiger partial charge in [0.05, 0.1) is 25.4 Å². The van der Waals surface area contributed by atoms with Crippen molar-refractivity contribution in [2.24, 2.45) is 5.92 Å². The molecular weight excluding hydrogens is 416 g/mol. The highest BCUT2D eigenvalue weighted by Gasteiger charge is 2.23. The van der Waals surface area contributed by atoms with E-state index in [1.807, 2.05) is 31.2 Å². The van der Waals surface area contributed by atoms with Crippen molar-refractivity contribution in [3.63, 3.8) is 0 Å². The molecule has 0 aromatic heterocycles. The smallest absolute Gasteiger partial charge is 0.343 e. The van der Waals surface area contributed by atoms with Gasteiger partial charge in [0, 0.05) is 11.5 Å². The van der Waals surface area contributed by atoms with Crippen molar-refractivity contribution in [3.8, 4) is 11.5 Å². The molecule has 1 fully saturated rings. The first-order chi connectivity index (χ1) is 16.1. The largest absolute Gasteiger partial charge is 0.494 e. The molecule has 0 aliphatic carbocycles. The molecule has 0 bridgehead atoms. The van der Waals surface area contributed by atoms with Crippen molar-refractivity contribution in [2.75, 3.05) is 19.8 Å². The third-order valence-electron chi connectivity index (χ3n) is 5.97. The molecule has 1 aliphatic rings. The Morgan fingerprint density at radius 2 is 1.64 bits per heavy atom. The summed E-state index contributed by atoms with van der Waals surface area (Å²) in [5.74, 6) is 1.42. The van der Waals surface area contributed by atoms with Gasteiger partial charge in [-0.3, -0.25) is 0 Å². The van der Waals surface area contributed by atoms with Crippen LogP contribution in [0.1, 0.15) is 86.6 Å². The minimum Gasteiger partial charge on any atom is -0.494 e. The molecule has 1 saturated heterocycles. The van der Waals surface area contributed by atoms with Crippen LogP contribution in [0, 0.1) is 12.8 Å². The first kappa shape index (κ1) is 25.3. The maximum atomic E-state index is 12.6. The van der Waals surface area contributed by atoms with Gasteiger partial charge in [-0.2, -0.15) is 0 Å². The zero-order valence-corrected chi connectivity index (χ0v) is 20.3. The lowest BCUT2D eigenvalue weighted by Gasteiger charge is -2.29. The van der Waals surface area contributed by atoms with Crippen molar-refractivity contribution in [1.29, 1.82) is 0 Å². The van der Waals surface area contributed by atoms with Crippen LogP contribution in [0.25, 0.3) is 0 Å². The number of benzene rings is 2. The van der Waals surface area contributed by atoms with E-state index in [1.54, 1.807) is 18.2 Å². The zero-order valence-electron chi connectivity index (χ0n) is 20.3. The Morgan fingerprint density at radius 3 is 2.30 bits per heavy atom. The Labute approximate surface area is 198 Å². The summed E-state index contributed by atoms with van der Waals surface area (Å²) in [6.45, 7) is 8.43. The van der Waals surface area contributed by atoms with Crippen LogP contribution in [0.15, 0.2) is 42.5 Å². The highest BCUT2D eigenvalue weighted by atomic mass is 16.7. The Morgan fingerprint density at radius 1 is 0.939 bits per heavy atom. The van der Waals surface area contributed by atoms with Crippen LogP contribution in [0.5, 0.6) is 11.5 Å². The predicted octanol–water partition coefficient (Wildman–Crippen LogP) is 7.03. The molecule has 3 rings (SSSR count). The summed E-state index contributed by atoms with van der Waals surface area (Å²) in [5.41, 5.74) is 2.27. The maximum absolute atomic E-state index is 12.6. The molecule has 2 aromatic carbocycles. The normalized spacial score (nSPS) is 18.2. The topological polar surface area (TPSA) is 54.0 Å². The highest BCUT2D eigenvalue weighted by Crippen LogP contribution is 2.28. The van der Waals surface area contributed by atoms with Crippen molar-refractivity contribution in [2.45, 2.75) is 72.0 Å². The first-order valence-electron chi connectivity index (χ1n) is 12.4. The lowest BCUT2D eigenvalue weighted by atomic mass is 10.0. The van der Waals surface area contributed by atoms with E-state index >= 15 is 0 Å². The summed E-state index contributed by atoms with van der Waals surface area (Å²) in [6.07, 6.45) is 7.85. The van der Waals surface area contributed by atoms with Gasteiger partial charge in [-0.05, 0) is 55.7 Å². The van der Waals surface area contributed by atoms with Crippen molar-refractivity contribution >= 4 is 5.97 Å². The Bertz CT molecular complexity index is 853. The molecule has 180 valence electrons. The first-order valence-corrected chi connectivity index (χ1v) is 12.4. The molecule has 5 heteroatoms. The number of ether oxygens (including phenoxy) is 4. The van der Waals surface area contributed by atoms with Crippen LogP contribution in [-0.4, -0.2) is 25.8 Å². The third-order valence-corrected chi connectivity index (χ3v) is 5.97. The van der Waals surface area contributed by atoms with Crippen LogP contribution in [0.2, 0.25) is 0 Å². The lowest BCUT2D eigenvalue weighted by Crippen LogP contribution is -2.27. The molecule has 0 spiro atoms. The van der Waals surface area contributed by atoms with Crippen LogP contribution in [0.4, 0.5) is 0 Å². The Hall–Kier alpha value is -2.37. The number of hydrogen-bond donors (Lipinski definition) is 0. The fourth-order valence-corrected chi connectivity index (χ4v) is 3.89. The van der Waals surface area contributed by atoms with Crippen LogP contribution < -0.4 is 9.47 Å². The number of rotatable bonds is 12. The standard InChI is InChI=1S/C28H38O5/c1-4-6-8-10-22-19-31-28(32-20-22)24-13-11-23(12-14-24)27(29)33-26-16-15-25(18-21(26)3)30-17-9-7-5-2/h11-16,18,22,28H,4-10,17,19-20H2,1-3H3.